The summed E-state index contributed by atoms with van der Waals surface area (Å²) in [5.74, 6) is 0.333. The van der Waals surface area contributed by atoms with Gasteiger partial charge in [0.25, 0.3) is 6.43 Å². The number of allylic oxidation sites excluding steroid dienone is 7. The molecule has 0 saturated carbocycles. The molecule has 0 aliphatic heterocycles. The first-order valence-corrected chi connectivity index (χ1v) is 5.92. The van der Waals surface area contributed by atoms with Gasteiger partial charge in [0.1, 0.15) is 0 Å². The largest absolute Gasteiger partial charge is 0.264 e. The summed E-state index contributed by atoms with van der Waals surface area (Å²) in [6, 6.07) is 0. The molecule has 0 aliphatic carbocycles. The van der Waals surface area contributed by atoms with Crippen LogP contribution < -0.4 is 0 Å². The molecule has 0 aromatic carbocycles. The zero-order valence-electron chi connectivity index (χ0n) is 11.1. The van der Waals surface area contributed by atoms with Crippen molar-refractivity contribution in [2.24, 2.45) is 5.92 Å². The molecular formula is C15H22F2. The highest BCUT2D eigenvalue weighted by atomic mass is 19.3. The van der Waals surface area contributed by atoms with Crippen LogP contribution in [0.25, 0.3) is 0 Å². The van der Waals surface area contributed by atoms with E-state index >= 15 is 0 Å². The molecule has 0 nitrogen and oxygen atoms in total. The molecule has 17 heavy (non-hydrogen) atoms. The van der Waals surface area contributed by atoms with Crippen LogP contribution in [-0.2, 0) is 0 Å². The molecule has 0 amide bonds. The first-order chi connectivity index (χ1) is 7.92. The molecule has 0 rings (SSSR count). The average Bonchev–Trinajstić information content (AvgIpc) is 2.27. The Bertz CT molecular complexity index is 331. The van der Waals surface area contributed by atoms with Crippen molar-refractivity contribution in [3.63, 3.8) is 0 Å². The second-order valence-corrected chi connectivity index (χ2v) is 4.36. The molecule has 0 spiro atoms. The number of rotatable bonds is 6. The van der Waals surface area contributed by atoms with Crippen molar-refractivity contribution in [2.75, 3.05) is 0 Å². The van der Waals surface area contributed by atoms with Gasteiger partial charge in [-0.3, -0.25) is 0 Å². The van der Waals surface area contributed by atoms with Crippen LogP contribution in [0.2, 0.25) is 0 Å². The first-order valence-electron chi connectivity index (χ1n) is 5.92. The summed E-state index contributed by atoms with van der Waals surface area (Å²) in [7, 11) is 0. The molecular weight excluding hydrogens is 218 g/mol. The van der Waals surface area contributed by atoms with Gasteiger partial charge in [-0.2, -0.15) is 0 Å². The van der Waals surface area contributed by atoms with Gasteiger partial charge in [-0.15, -0.1) is 0 Å². The van der Waals surface area contributed by atoms with E-state index in [1.807, 2.05) is 33.8 Å². The highest BCUT2D eigenvalue weighted by Gasteiger charge is 2.11. The van der Waals surface area contributed by atoms with Crippen LogP contribution in [0.15, 0.2) is 47.6 Å². The summed E-state index contributed by atoms with van der Waals surface area (Å²) in [4.78, 5) is 0. The Hall–Kier alpha value is -1.18. The zero-order chi connectivity index (χ0) is 13.4. The highest BCUT2D eigenvalue weighted by Crippen LogP contribution is 2.20. The van der Waals surface area contributed by atoms with Gasteiger partial charge in [0, 0.05) is 5.57 Å². The van der Waals surface area contributed by atoms with Crippen LogP contribution in [0.3, 0.4) is 0 Å². The monoisotopic (exact) mass is 240 g/mol. The molecule has 0 atom stereocenters. The summed E-state index contributed by atoms with van der Waals surface area (Å²) in [5.41, 5.74) is 1.50. The van der Waals surface area contributed by atoms with Gasteiger partial charge in [0.2, 0.25) is 0 Å². The molecule has 0 aromatic rings. The standard InChI is InChI=1S/C15H22F2/c1-6-12(5)10-14(15(16)17)13(7-2)9-8-11(3)4/h7-11,15H,2,6H2,1,3-5H3/b9-8+,12-10+,14-13-. The number of halogens is 2. The van der Waals surface area contributed by atoms with E-state index in [1.54, 1.807) is 12.2 Å². The maximum Gasteiger partial charge on any atom is 0.264 e. The third-order valence-electron chi connectivity index (χ3n) is 2.41. The summed E-state index contributed by atoms with van der Waals surface area (Å²) in [5, 5.41) is 0. The van der Waals surface area contributed by atoms with Crippen molar-refractivity contribution in [1.82, 2.24) is 0 Å². The minimum absolute atomic E-state index is 0.0521. The van der Waals surface area contributed by atoms with Crippen molar-refractivity contribution >= 4 is 0 Å². The van der Waals surface area contributed by atoms with Crippen molar-refractivity contribution < 1.29 is 8.78 Å². The van der Waals surface area contributed by atoms with E-state index in [9.17, 15) is 8.78 Å². The third kappa shape index (κ3) is 6.20. The summed E-state index contributed by atoms with van der Waals surface area (Å²) < 4.78 is 25.9. The average molecular weight is 240 g/mol. The number of hydrogen-bond acceptors (Lipinski definition) is 0. The van der Waals surface area contributed by atoms with Gasteiger partial charge < -0.3 is 0 Å². The fourth-order valence-electron chi connectivity index (χ4n) is 1.22. The maximum absolute atomic E-state index is 13.0. The van der Waals surface area contributed by atoms with E-state index < -0.39 is 6.43 Å². The van der Waals surface area contributed by atoms with Crippen molar-refractivity contribution in [1.29, 1.82) is 0 Å². The molecule has 0 heterocycles. The van der Waals surface area contributed by atoms with Gasteiger partial charge in [0.15, 0.2) is 0 Å². The molecule has 0 saturated heterocycles. The van der Waals surface area contributed by atoms with Gasteiger partial charge in [-0.1, -0.05) is 57.2 Å². The smallest absolute Gasteiger partial charge is 0.205 e. The topological polar surface area (TPSA) is 0 Å². The Labute approximate surface area is 103 Å². The van der Waals surface area contributed by atoms with Crippen LogP contribution in [0.1, 0.15) is 34.1 Å². The molecule has 0 N–H and O–H groups in total. The first kappa shape index (κ1) is 15.8. The van der Waals surface area contributed by atoms with Crippen LogP contribution >= 0.6 is 0 Å². The van der Waals surface area contributed by atoms with E-state index in [1.165, 1.54) is 6.08 Å². The summed E-state index contributed by atoms with van der Waals surface area (Å²) >= 11 is 0. The predicted molar refractivity (Wildman–Crippen MR) is 71.3 cm³/mol. The second-order valence-electron chi connectivity index (χ2n) is 4.36. The minimum atomic E-state index is -2.47. The van der Waals surface area contributed by atoms with Gasteiger partial charge in [0.05, 0.1) is 0 Å². The Morgan fingerprint density at radius 1 is 1.29 bits per heavy atom. The van der Waals surface area contributed by atoms with E-state index in [0.29, 0.717) is 11.5 Å². The Balaban J connectivity index is 5.40. The van der Waals surface area contributed by atoms with Crippen LogP contribution in [-0.4, -0.2) is 6.43 Å². The fraction of sp³-hybridized carbons (Fsp3) is 0.467. The van der Waals surface area contributed by atoms with Crippen LogP contribution in [0.5, 0.6) is 0 Å². The normalized spacial score (nSPS) is 14.7. The molecule has 0 radical (unpaired) electrons. The Kier molecular flexibility index (Phi) is 7.44. The molecule has 0 aromatic heterocycles. The lowest BCUT2D eigenvalue weighted by Crippen LogP contribution is -1.98. The van der Waals surface area contributed by atoms with Crippen molar-refractivity contribution in [3.05, 3.63) is 47.6 Å². The molecule has 0 fully saturated rings. The fourth-order valence-corrected chi connectivity index (χ4v) is 1.22. The summed E-state index contributed by atoms with van der Waals surface area (Å²) in [6.45, 7) is 11.4. The predicted octanol–water partition coefficient (Wildman–Crippen LogP) is 5.30. The van der Waals surface area contributed by atoms with Crippen molar-refractivity contribution in [3.8, 4) is 0 Å². The van der Waals surface area contributed by atoms with E-state index in [4.69, 9.17) is 0 Å². The van der Waals surface area contributed by atoms with Crippen LogP contribution in [0.4, 0.5) is 8.78 Å². The van der Waals surface area contributed by atoms with Crippen LogP contribution in [0, 0.1) is 5.92 Å². The SMILES string of the molecule is C=CC(/C=C/C(C)C)=C(\C=C(/C)CC)C(F)F. The molecule has 0 unspecified atom stereocenters. The second kappa shape index (κ2) is 7.99. The molecule has 2 heteroatoms. The van der Waals surface area contributed by atoms with E-state index in [2.05, 4.69) is 6.58 Å². The lowest BCUT2D eigenvalue weighted by Gasteiger charge is -2.07. The van der Waals surface area contributed by atoms with Gasteiger partial charge in [-0.05, 0) is 24.8 Å². The van der Waals surface area contributed by atoms with Gasteiger partial charge in [-0.25, -0.2) is 8.78 Å². The van der Waals surface area contributed by atoms with E-state index in [-0.39, 0.29) is 5.57 Å². The quantitative estimate of drug-likeness (QED) is 0.552. The summed E-state index contributed by atoms with van der Waals surface area (Å²) in [6.07, 6.45) is 4.97. The molecule has 0 bridgehead atoms. The molecule has 96 valence electrons. The third-order valence-corrected chi connectivity index (χ3v) is 2.41. The highest BCUT2D eigenvalue weighted by molar-refractivity contribution is 5.42. The lowest BCUT2D eigenvalue weighted by molar-refractivity contribution is 0.193. The number of alkyl halides is 2. The Morgan fingerprint density at radius 2 is 1.88 bits per heavy atom. The lowest BCUT2D eigenvalue weighted by atomic mass is 10.0. The minimum Gasteiger partial charge on any atom is -0.205 e. The number of hydrogen-bond donors (Lipinski definition) is 0. The van der Waals surface area contributed by atoms with Crippen molar-refractivity contribution in [2.45, 2.75) is 40.5 Å². The zero-order valence-corrected chi connectivity index (χ0v) is 11.1. The maximum atomic E-state index is 13.0. The van der Waals surface area contributed by atoms with Gasteiger partial charge >= 0.3 is 0 Å². The molecule has 0 aliphatic rings. The van der Waals surface area contributed by atoms with E-state index in [0.717, 1.165) is 12.0 Å². The Morgan fingerprint density at radius 3 is 2.24 bits per heavy atom.